The number of thiazole rings is 1. The molecule has 0 spiro atoms. The van der Waals surface area contributed by atoms with Gasteiger partial charge in [0.15, 0.2) is 12.2 Å². The van der Waals surface area contributed by atoms with Crippen LogP contribution in [0.5, 0.6) is 0 Å². The van der Waals surface area contributed by atoms with Gasteiger partial charge in [0.25, 0.3) is 5.01 Å². The van der Waals surface area contributed by atoms with E-state index in [2.05, 4.69) is 52.8 Å². The van der Waals surface area contributed by atoms with Gasteiger partial charge in [-0.3, -0.25) is 9.13 Å². The van der Waals surface area contributed by atoms with Crippen LogP contribution in [0.1, 0.15) is 88.7 Å². The summed E-state index contributed by atoms with van der Waals surface area (Å²) in [6.07, 6.45) is 13.8. The van der Waals surface area contributed by atoms with Crippen LogP contribution in [0.2, 0.25) is 0 Å². The third-order valence-corrected chi connectivity index (χ3v) is 15.7. The van der Waals surface area contributed by atoms with Gasteiger partial charge in [0, 0.05) is 30.4 Å². The first-order chi connectivity index (χ1) is 23.2. The van der Waals surface area contributed by atoms with Gasteiger partial charge in [0.1, 0.15) is 0 Å². The van der Waals surface area contributed by atoms with Crippen molar-refractivity contribution in [1.29, 1.82) is 0 Å². The normalized spacial score (nSPS) is 18.4. The van der Waals surface area contributed by atoms with Crippen LogP contribution >= 0.6 is 38.3 Å². The lowest BCUT2D eigenvalue weighted by Gasteiger charge is -2.22. The summed E-state index contributed by atoms with van der Waals surface area (Å²) in [4.78, 5) is 5.12. The third-order valence-electron chi connectivity index (χ3n) is 9.00. The Morgan fingerprint density at radius 1 is 0.833 bits per heavy atom. The maximum absolute atomic E-state index is 13.2. The van der Waals surface area contributed by atoms with Gasteiger partial charge in [-0.05, 0) is 108 Å². The molecule has 0 amide bonds. The number of aromatic nitrogens is 1. The Kier molecular flexibility index (Phi) is 13.9. The summed E-state index contributed by atoms with van der Waals surface area (Å²) in [7, 11) is -6.15. The standard InChI is InChI=1S/C36H53N2O6P2S2/c1-6-41-45(39,42-7-2)24-14-22-37-31-16-10-12-18-33(31)47-35(37)26-29-20-21-30(28(29)5)27-36-38(32-17-11-13-19-34(32)48-36)23-15-25-46(40,43-8-3)44-9-4/h10,12,16,18,26-27H,6-9,11,13-15,17,19-25H2,1-5H3/q+1. The molecule has 48 heavy (non-hydrogen) atoms. The molecule has 0 atom stereocenters. The highest BCUT2D eigenvalue weighted by Gasteiger charge is 2.32. The van der Waals surface area contributed by atoms with Crippen molar-refractivity contribution in [1.82, 2.24) is 0 Å². The number of nitrogens with zero attached hydrogens (tertiary/aromatic N) is 2. The van der Waals surface area contributed by atoms with Crippen LogP contribution < -0.4 is 9.47 Å². The highest BCUT2D eigenvalue weighted by molar-refractivity contribution is 8.03. The Labute approximate surface area is 296 Å². The topological polar surface area (TPSA) is 78.2 Å². The fourth-order valence-corrected chi connectivity index (χ4v) is 12.6. The number of fused-ring (bicyclic) bond motifs is 2. The number of allylic oxidation sites excluding steroid dienone is 4. The van der Waals surface area contributed by atoms with Gasteiger partial charge in [-0.1, -0.05) is 35.2 Å². The highest BCUT2D eigenvalue weighted by Crippen LogP contribution is 2.51. The van der Waals surface area contributed by atoms with E-state index in [1.807, 2.05) is 50.8 Å². The van der Waals surface area contributed by atoms with Crippen molar-refractivity contribution in [2.24, 2.45) is 0 Å². The van der Waals surface area contributed by atoms with Gasteiger partial charge >= 0.3 is 15.2 Å². The monoisotopic (exact) mass is 735 g/mol. The van der Waals surface area contributed by atoms with Gasteiger partial charge in [-0.2, -0.15) is 4.57 Å². The second kappa shape index (κ2) is 17.6. The summed E-state index contributed by atoms with van der Waals surface area (Å²) in [5.74, 6) is 0. The smallest absolute Gasteiger partial charge is 0.330 e. The molecular weight excluding hydrogens is 682 g/mol. The lowest BCUT2D eigenvalue weighted by Crippen LogP contribution is -2.40. The molecule has 2 aromatic rings. The molecule has 1 aliphatic heterocycles. The molecule has 5 rings (SSSR count). The lowest BCUT2D eigenvalue weighted by molar-refractivity contribution is -0.701. The maximum Gasteiger partial charge on any atom is 0.330 e. The zero-order chi connectivity index (χ0) is 34.1. The van der Waals surface area contributed by atoms with E-state index in [9.17, 15) is 9.13 Å². The molecule has 0 fully saturated rings. The Balaban J connectivity index is 1.36. The molecule has 0 saturated heterocycles. The molecule has 2 heterocycles. The summed E-state index contributed by atoms with van der Waals surface area (Å²) in [5, 5.41) is 2.51. The average molecular weight is 736 g/mol. The van der Waals surface area contributed by atoms with E-state index in [1.165, 1.54) is 60.8 Å². The van der Waals surface area contributed by atoms with Gasteiger partial charge in [0.2, 0.25) is 0 Å². The third kappa shape index (κ3) is 9.24. The second-order valence-corrected chi connectivity index (χ2v) is 18.8. The Morgan fingerprint density at radius 3 is 2.17 bits per heavy atom. The van der Waals surface area contributed by atoms with Crippen LogP contribution in [0.3, 0.4) is 0 Å². The first-order valence-corrected chi connectivity index (χ1v) is 22.8. The Hall–Kier alpha value is -1.48. The fraction of sp³-hybridized carbons (Fsp3) is 0.583. The number of aryl methyl sites for hydroxylation is 1. The van der Waals surface area contributed by atoms with E-state index < -0.39 is 15.2 Å². The van der Waals surface area contributed by atoms with Crippen LogP contribution in [-0.4, -0.2) is 45.3 Å². The van der Waals surface area contributed by atoms with Gasteiger partial charge < -0.3 is 23.0 Å². The summed E-state index contributed by atoms with van der Waals surface area (Å²) in [6.45, 7) is 12.8. The van der Waals surface area contributed by atoms with E-state index in [1.54, 1.807) is 0 Å². The molecule has 2 aliphatic carbocycles. The number of para-hydroxylation sites is 1. The molecule has 8 nitrogen and oxygen atoms in total. The first kappa shape index (κ1) is 37.8. The van der Waals surface area contributed by atoms with E-state index >= 15 is 0 Å². The van der Waals surface area contributed by atoms with Crippen molar-refractivity contribution in [3.05, 3.63) is 67.7 Å². The zero-order valence-electron chi connectivity index (χ0n) is 29.3. The van der Waals surface area contributed by atoms with Gasteiger partial charge in [-0.15, -0.1) is 0 Å². The van der Waals surface area contributed by atoms with Crippen molar-refractivity contribution < 1.29 is 31.8 Å². The van der Waals surface area contributed by atoms with Crippen LogP contribution in [-0.2, 0) is 46.6 Å². The first-order valence-electron chi connectivity index (χ1n) is 17.7. The quantitative estimate of drug-likeness (QED) is 0.111. The molecular formula is C36H53N2O6P2S2+. The number of rotatable bonds is 18. The number of hydrogen-bond donors (Lipinski definition) is 0. The minimum Gasteiger partial charge on any atom is -0.335 e. The predicted octanol–water partition coefficient (Wildman–Crippen LogP) is 10.2. The minimum atomic E-state index is -3.09. The molecule has 0 saturated carbocycles. The predicted molar refractivity (Wildman–Crippen MR) is 199 cm³/mol. The van der Waals surface area contributed by atoms with Crippen molar-refractivity contribution in [2.45, 2.75) is 97.4 Å². The Morgan fingerprint density at radius 2 is 1.48 bits per heavy atom. The molecule has 0 bridgehead atoms. The molecule has 264 valence electrons. The van der Waals surface area contributed by atoms with Crippen LogP contribution in [0, 0.1) is 0 Å². The largest absolute Gasteiger partial charge is 0.335 e. The van der Waals surface area contributed by atoms with E-state index in [0.29, 0.717) is 45.2 Å². The zero-order valence-corrected chi connectivity index (χ0v) is 32.8. The van der Waals surface area contributed by atoms with Crippen molar-refractivity contribution in [3.63, 3.8) is 0 Å². The number of anilines is 1. The van der Waals surface area contributed by atoms with E-state index in [0.717, 1.165) is 45.2 Å². The van der Waals surface area contributed by atoms with Crippen LogP contribution in [0.4, 0.5) is 5.69 Å². The van der Waals surface area contributed by atoms with E-state index in [4.69, 9.17) is 18.1 Å². The van der Waals surface area contributed by atoms with E-state index in [-0.39, 0.29) is 0 Å². The fourth-order valence-electron chi connectivity index (χ4n) is 6.79. The number of benzene rings is 1. The van der Waals surface area contributed by atoms with Crippen LogP contribution in [0.25, 0.3) is 6.08 Å². The minimum absolute atomic E-state index is 0.381. The average Bonchev–Trinajstić information content (AvgIpc) is 3.71. The summed E-state index contributed by atoms with van der Waals surface area (Å²) < 4.78 is 51.1. The van der Waals surface area contributed by atoms with Gasteiger partial charge in [-0.25, -0.2) is 0 Å². The molecule has 0 radical (unpaired) electrons. The van der Waals surface area contributed by atoms with Gasteiger partial charge in [0.05, 0.1) is 54.3 Å². The SMILES string of the molecule is CCOP(=O)(CCCN1/C(=C/C2=C(C)C(=C/c3sc4c([n+]3CCCP(=O)(OCC)OCC)CCCC4)/CC2)Sc2ccccc21)OCC. The molecule has 0 unspecified atom stereocenters. The van der Waals surface area contributed by atoms with Crippen molar-refractivity contribution in [3.8, 4) is 0 Å². The molecule has 1 aromatic carbocycles. The summed E-state index contributed by atoms with van der Waals surface area (Å²) >= 11 is 3.75. The van der Waals surface area contributed by atoms with Crippen molar-refractivity contribution in [2.75, 3.05) is 50.2 Å². The summed E-state index contributed by atoms with van der Waals surface area (Å²) in [6, 6.07) is 8.53. The second-order valence-electron chi connectivity index (χ2n) is 12.2. The molecule has 1 aromatic heterocycles. The number of hydrogen-bond acceptors (Lipinski definition) is 9. The highest BCUT2D eigenvalue weighted by atomic mass is 32.2. The Bertz CT molecular complexity index is 1600. The summed E-state index contributed by atoms with van der Waals surface area (Å²) in [5.41, 5.74) is 6.78. The van der Waals surface area contributed by atoms with Crippen molar-refractivity contribution >= 4 is 50.1 Å². The lowest BCUT2D eigenvalue weighted by atomic mass is 10.0. The number of thioether (sulfide) groups is 1. The molecule has 3 aliphatic rings. The van der Waals surface area contributed by atoms with Crippen LogP contribution in [0.15, 0.2) is 57.0 Å². The maximum atomic E-state index is 13.2. The molecule has 0 N–H and O–H groups in total. The molecule has 12 heteroatoms.